The first-order valence-electron chi connectivity index (χ1n) is 15.8. The molecule has 3 aromatic rings. The number of benzene rings is 3. The zero-order valence-electron chi connectivity index (χ0n) is 28.3. The van der Waals surface area contributed by atoms with Crippen molar-refractivity contribution in [2.45, 2.75) is 107 Å². The van der Waals surface area contributed by atoms with Crippen molar-refractivity contribution in [2.24, 2.45) is 0 Å². The third kappa shape index (κ3) is 6.94. The van der Waals surface area contributed by atoms with Crippen LogP contribution in [0.15, 0.2) is 89.8 Å². The summed E-state index contributed by atoms with van der Waals surface area (Å²) in [5, 5.41) is 15.0. The first kappa shape index (κ1) is 35.0. The summed E-state index contributed by atoms with van der Waals surface area (Å²) in [6.45, 7) is 22.4. The summed E-state index contributed by atoms with van der Waals surface area (Å²) in [5.74, 6) is 0. The number of hydrogen-bond donors (Lipinski definition) is 1. The molecule has 3 aromatic carbocycles. The van der Waals surface area contributed by atoms with Crippen LogP contribution in [0.5, 0.6) is 0 Å². The Morgan fingerprint density at radius 1 is 0.773 bits per heavy atom. The standard InChI is InChI=1S/C35H53NO4SSi3/c1-27-21-23-28(24-22-27)41(38,39)36-31(25-40-44(9,10)35(2,3)4)33(37)34(43(7,8)30-19-15-12-16-20-30)32(36)26-42(5,6)29-17-13-11-14-18-29/h11-24,31-34,37H,25-26H2,1-10H3/t31-,32+,33+,34+/m0/s1. The summed E-state index contributed by atoms with van der Waals surface area (Å²) in [6.07, 6.45) is -0.854. The fraction of sp³-hybridized carbons (Fsp3) is 0.486. The molecule has 4 atom stereocenters. The lowest BCUT2D eigenvalue weighted by Gasteiger charge is -2.40. The maximum Gasteiger partial charge on any atom is 0.243 e. The van der Waals surface area contributed by atoms with E-state index in [1.165, 1.54) is 10.4 Å². The van der Waals surface area contributed by atoms with Gasteiger partial charge in [-0.15, -0.1) is 0 Å². The van der Waals surface area contributed by atoms with Gasteiger partial charge in [0.2, 0.25) is 10.0 Å². The van der Waals surface area contributed by atoms with Gasteiger partial charge in [-0.2, -0.15) is 4.31 Å². The maximum atomic E-state index is 14.9. The second-order valence-electron chi connectivity index (χ2n) is 15.4. The Morgan fingerprint density at radius 2 is 1.27 bits per heavy atom. The van der Waals surface area contributed by atoms with E-state index in [-0.39, 0.29) is 28.1 Å². The average Bonchev–Trinajstić information content (AvgIpc) is 3.23. The SMILES string of the molecule is Cc1ccc(S(=O)(=O)N2[C@H](C[Si](C)(C)c3ccccc3)[C@@H]([Si](C)(C)c3ccccc3)[C@H](O)[C@@H]2CO[Si](C)(C)C(C)(C)C)cc1. The second kappa shape index (κ2) is 12.7. The zero-order valence-corrected chi connectivity index (χ0v) is 32.2. The van der Waals surface area contributed by atoms with Crippen LogP contribution in [0.1, 0.15) is 26.3 Å². The molecule has 0 spiro atoms. The van der Waals surface area contributed by atoms with Gasteiger partial charge in [0.05, 0.1) is 39.8 Å². The summed E-state index contributed by atoms with van der Waals surface area (Å²) in [7, 11) is -10.8. The third-order valence-electron chi connectivity index (χ3n) is 10.5. The first-order chi connectivity index (χ1) is 20.3. The van der Waals surface area contributed by atoms with Crippen molar-refractivity contribution in [1.29, 1.82) is 0 Å². The smallest absolute Gasteiger partial charge is 0.243 e. The molecule has 240 valence electrons. The highest BCUT2D eigenvalue weighted by Gasteiger charge is 2.60. The second-order valence-corrected chi connectivity index (χ2v) is 31.5. The molecule has 0 radical (unpaired) electrons. The Kier molecular flexibility index (Phi) is 10.1. The molecule has 44 heavy (non-hydrogen) atoms. The van der Waals surface area contributed by atoms with Gasteiger partial charge in [-0.05, 0) is 43.2 Å². The Hall–Kier alpha value is -1.86. The molecule has 1 saturated heterocycles. The minimum atomic E-state index is -3.97. The predicted octanol–water partition coefficient (Wildman–Crippen LogP) is 6.72. The predicted molar refractivity (Wildman–Crippen MR) is 193 cm³/mol. The lowest BCUT2D eigenvalue weighted by molar-refractivity contribution is 0.100. The van der Waals surface area contributed by atoms with Crippen molar-refractivity contribution < 1.29 is 18.0 Å². The van der Waals surface area contributed by atoms with Gasteiger partial charge in [-0.3, -0.25) is 0 Å². The van der Waals surface area contributed by atoms with Crippen LogP contribution in [-0.2, 0) is 14.4 Å². The van der Waals surface area contributed by atoms with E-state index < -0.39 is 46.6 Å². The monoisotopic (exact) mass is 667 g/mol. The molecule has 9 heteroatoms. The van der Waals surface area contributed by atoms with Crippen LogP contribution < -0.4 is 10.4 Å². The summed E-state index contributed by atoms with van der Waals surface area (Å²) in [6, 6.07) is 27.8. The molecule has 0 saturated carbocycles. The molecule has 0 amide bonds. The normalized spacial score (nSPS) is 22.3. The van der Waals surface area contributed by atoms with Crippen LogP contribution >= 0.6 is 0 Å². The number of aryl methyl sites for hydroxylation is 1. The molecule has 0 bridgehead atoms. The quantitative estimate of drug-likeness (QED) is 0.244. The molecule has 1 heterocycles. The van der Waals surface area contributed by atoms with Gasteiger partial charge < -0.3 is 9.53 Å². The molecule has 1 aliphatic rings. The molecule has 0 aliphatic carbocycles. The van der Waals surface area contributed by atoms with Gasteiger partial charge in [0.1, 0.15) is 0 Å². The number of aliphatic hydroxyl groups excluding tert-OH is 1. The van der Waals surface area contributed by atoms with Crippen molar-refractivity contribution in [3.63, 3.8) is 0 Å². The summed E-state index contributed by atoms with van der Waals surface area (Å²) in [5.41, 5.74) is 0.793. The summed E-state index contributed by atoms with van der Waals surface area (Å²) >= 11 is 0. The minimum Gasteiger partial charge on any atom is -0.415 e. The lowest BCUT2D eigenvalue weighted by Crippen LogP contribution is -2.56. The van der Waals surface area contributed by atoms with Gasteiger partial charge in [-0.25, -0.2) is 8.42 Å². The van der Waals surface area contributed by atoms with Crippen LogP contribution in [0, 0.1) is 6.92 Å². The van der Waals surface area contributed by atoms with Crippen molar-refractivity contribution in [1.82, 2.24) is 4.31 Å². The zero-order chi connectivity index (χ0) is 32.7. The fourth-order valence-corrected chi connectivity index (χ4v) is 16.5. The van der Waals surface area contributed by atoms with E-state index in [1.807, 2.05) is 31.2 Å². The Morgan fingerprint density at radius 3 is 1.77 bits per heavy atom. The number of aliphatic hydroxyl groups is 1. The van der Waals surface area contributed by atoms with E-state index in [0.29, 0.717) is 6.04 Å². The molecule has 4 rings (SSSR count). The third-order valence-corrected chi connectivity index (χ3v) is 24.5. The summed E-state index contributed by atoms with van der Waals surface area (Å²) in [4.78, 5) is 0.275. The average molecular weight is 668 g/mol. The molecule has 0 aromatic heterocycles. The number of sulfonamides is 1. The van der Waals surface area contributed by atoms with E-state index in [1.54, 1.807) is 16.4 Å². The van der Waals surface area contributed by atoms with Gasteiger partial charge >= 0.3 is 0 Å². The van der Waals surface area contributed by atoms with E-state index in [4.69, 9.17) is 4.43 Å². The lowest BCUT2D eigenvalue weighted by atomic mass is 10.1. The van der Waals surface area contributed by atoms with E-state index in [0.717, 1.165) is 5.56 Å². The maximum absolute atomic E-state index is 14.9. The number of rotatable bonds is 10. The highest BCUT2D eigenvalue weighted by atomic mass is 32.2. The van der Waals surface area contributed by atoms with E-state index in [9.17, 15) is 13.5 Å². The van der Waals surface area contributed by atoms with Crippen LogP contribution in [0.3, 0.4) is 0 Å². The first-order valence-corrected chi connectivity index (χ1v) is 26.5. The van der Waals surface area contributed by atoms with Gasteiger partial charge in [0.25, 0.3) is 0 Å². The van der Waals surface area contributed by atoms with Crippen molar-refractivity contribution in [2.75, 3.05) is 6.61 Å². The Labute approximate surface area is 269 Å². The van der Waals surface area contributed by atoms with Crippen molar-refractivity contribution in [3.8, 4) is 0 Å². The molecule has 1 aliphatic heterocycles. The fourth-order valence-electron chi connectivity index (χ4n) is 6.61. The largest absolute Gasteiger partial charge is 0.415 e. The number of nitrogens with zero attached hydrogens (tertiary/aromatic N) is 1. The van der Waals surface area contributed by atoms with Crippen LogP contribution in [-0.4, -0.2) is 67.1 Å². The molecule has 5 nitrogen and oxygen atoms in total. The van der Waals surface area contributed by atoms with E-state index in [2.05, 4.69) is 109 Å². The highest BCUT2D eigenvalue weighted by Crippen LogP contribution is 2.48. The van der Waals surface area contributed by atoms with Gasteiger partial charge in [0, 0.05) is 11.6 Å². The van der Waals surface area contributed by atoms with Crippen molar-refractivity contribution in [3.05, 3.63) is 90.5 Å². The Bertz CT molecular complexity index is 1510. The molecular weight excluding hydrogens is 615 g/mol. The van der Waals surface area contributed by atoms with Crippen LogP contribution in [0.25, 0.3) is 0 Å². The molecule has 0 unspecified atom stereocenters. The number of hydrogen-bond acceptors (Lipinski definition) is 4. The van der Waals surface area contributed by atoms with E-state index >= 15 is 0 Å². The summed E-state index contributed by atoms with van der Waals surface area (Å²) < 4.78 is 38.2. The topological polar surface area (TPSA) is 66.8 Å². The van der Waals surface area contributed by atoms with Crippen molar-refractivity contribution >= 4 is 44.9 Å². The molecular formula is C35H53NO4SSi3. The van der Waals surface area contributed by atoms with Crippen LogP contribution in [0.4, 0.5) is 0 Å². The van der Waals surface area contributed by atoms with Gasteiger partial charge in [-0.1, -0.05) is 136 Å². The minimum absolute atomic E-state index is 0.0453. The van der Waals surface area contributed by atoms with Crippen LogP contribution in [0.2, 0.25) is 55.9 Å². The molecule has 1 N–H and O–H groups in total. The Balaban J connectivity index is 1.92. The molecule has 1 fully saturated rings. The highest BCUT2D eigenvalue weighted by molar-refractivity contribution is 7.89. The van der Waals surface area contributed by atoms with Gasteiger partial charge in [0.15, 0.2) is 8.32 Å².